The Bertz CT molecular complexity index is 696. The number of piperidine rings is 2. The van der Waals surface area contributed by atoms with Gasteiger partial charge in [0.2, 0.25) is 0 Å². The highest BCUT2D eigenvalue weighted by Crippen LogP contribution is 2.38. The molecule has 4 aliphatic heterocycles. The monoisotopic (exact) mass is 327 g/mol. The Morgan fingerprint density at radius 3 is 2.38 bits per heavy atom. The summed E-state index contributed by atoms with van der Waals surface area (Å²) in [5, 5.41) is 19.6. The van der Waals surface area contributed by atoms with Crippen molar-refractivity contribution in [2.24, 2.45) is 21.5 Å². The maximum atomic E-state index is 10.7. The summed E-state index contributed by atoms with van der Waals surface area (Å²) in [6, 6.07) is 6.37. The van der Waals surface area contributed by atoms with E-state index in [-0.39, 0.29) is 11.1 Å². The van der Waals surface area contributed by atoms with Gasteiger partial charge >= 0.3 is 0 Å². The van der Waals surface area contributed by atoms with Crippen molar-refractivity contribution in [1.29, 1.82) is 0 Å². The van der Waals surface area contributed by atoms with Gasteiger partial charge in [0.05, 0.1) is 16.8 Å². The van der Waals surface area contributed by atoms with Gasteiger partial charge in [-0.3, -0.25) is 10.1 Å². The van der Waals surface area contributed by atoms with Crippen LogP contribution in [0.1, 0.15) is 12.5 Å². The average Bonchev–Trinajstić information content (AvgIpc) is 2.77. The lowest BCUT2D eigenvalue weighted by atomic mass is 9.72. The molecule has 0 radical (unpaired) electrons. The van der Waals surface area contributed by atoms with Crippen LogP contribution in [0, 0.1) is 21.4 Å². The highest BCUT2D eigenvalue weighted by Gasteiger charge is 2.49. The van der Waals surface area contributed by atoms with Crippen molar-refractivity contribution < 1.29 is 4.92 Å². The molecule has 2 unspecified atom stereocenters. The van der Waals surface area contributed by atoms with E-state index in [0.717, 1.165) is 44.8 Å². The summed E-state index contributed by atoms with van der Waals surface area (Å²) in [5.41, 5.74) is 2.22. The Kier molecular flexibility index (Phi) is 3.69. The number of hydrogen-bond acceptors (Lipinski definition) is 6. The first-order valence-corrected chi connectivity index (χ1v) is 8.34. The third-order valence-corrected chi connectivity index (χ3v) is 5.32. The van der Waals surface area contributed by atoms with E-state index in [1.165, 1.54) is 17.8 Å². The third-order valence-electron chi connectivity index (χ3n) is 5.32. The SMILES string of the molecule is CC12CN3CCN(CC(C3)C1=NN=Cc1ccc([N+](=O)[O-])cc1)C2. The lowest BCUT2D eigenvalue weighted by Crippen LogP contribution is -2.59. The topological polar surface area (TPSA) is 74.3 Å². The Hall–Kier alpha value is -2.12. The van der Waals surface area contributed by atoms with Crippen molar-refractivity contribution in [2.75, 3.05) is 39.3 Å². The summed E-state index contributed by atoms with van der Waals surface area (Å²) in [5.74, 6) is 0.467. The van der Waals surface area contributed by atoms with Gasteiger partial charge in [0.15, 0.2) is 0 Å². The van der Waals surface area contributed by atoms with E-state index in [1.807, 2.05) is 0 Å². The molecule has 5 rings (SSSR count). The number of non-ortho nitro benzene ring substituents is 1. The molecule has 4 heterocycles. The van der Waals surface area contributed by atoms with Crippen LogP contribution in [-0.2, 0) is 0 Å². The van der Waals surface area contributed by atoms with Gasteiger partial charge in [-0.2, -0.15) is 10.2 Å². The quantitative estimate of drug-likeness (QED) is 0.480. The zero-order chi connectivity index (χ0) is 16.7. The van der Waals surface area contributed by atoms with Crippen molar-refractivity contribution in [3.8, 4) is 0 Å². The van der Waals surface area contributed by atoms with Gasteiger partial charge in [-0.05, 0) is 17.7 Å². The largest absolute Gasteiger partial charge is 0.300 e. The minimum atomic E-state index is -0.399. The first-order valence-electron chi connectivity index (χ1n) is 8.34. The number of nitro groups is 1. The molecule has 126 valence electrons. The molecular weight excluding hydrogens is 306 g/mol. The van der Waals surface area contributed by atoms with Crippen LogP contribution in [-0.4, -0.2) is 65.9 Å². The van der Waals surface area contributed by atoms with Crippen LogP contribution < -0.4 is 0 Å². The molecule has 7 heteroatoms. The van der Waals surface area contributed by atoms with E-state index in [0.29, 0.717) is 5.92 Å². The molecule has 0 N–H and O–H groups in total. The van der Waals surface area contributed by atoms with Gasteiger partial charge in [-0.1, -0.05) is 6.92 Å². The summed E-state index contributed by atoms with van der Waals surface area (Å²) in [6.07, 6.45) is 1.68. The van der Waals surface area contributed by atoms with Crippen molar-refractivity contribution in [3.05, 3.63) is 39.9 Å². The normalized spacial score (nSPS) is 36.4. The average molecular weight is 327 g/mol. The fraction of sp³-hybridized carbons (Fsp3) is 0.529. The van der Waals surface area contributed by atoms with Gasteiger partial charge in [-0.25, -0.2) is 0 Å². The van der Waals surface area contributed by atoms with Crippen LogP contribution in [0.5, 0.6) is 0 Å². The maximum absolute atomic E-state index is 10.7. The minimum absolute atomic E-state index is 0.0878. The Balaban J connectivity index is 1.54. The molecule has 4 saturated heterocycles. The molecule has 24 heavy (non-hydrogen) atoms. The molecule has 0 aromatic heterocycles. The van der Waals surface area contributed by atoms with Crippen molar-refractivity contribution in [1.82, 2.24) is 9.80 Å². The fourth-order valence-corrected chi connectivity index (χ4v) is 4.34. The molecule has 0 aliphatic carbocycles. The summed E-state index contributed by atoms with van der Waals surface area (Å²) in [6.45, 7) is 8.90. The molecule has 4 bridgehead atoms. The molecule has 1 aromatic rings. The molecule has 0 amide bonds. The third kappa shape index (κ3) is 2.74. The lowest BCUT2D eigenvalue weighted by Gasteiger charge is -2.48. The molecular formula is C17H21N5O2. The smallest absolute Gasteiger partial charge is 0.269 e. The number of nitro benzene ring substituents is 1. The number of rotatable bonds is 3. The summed E-state index contributed by atoms with van der Waals surface area (Å²) in [7, 11) is 0. The van der Waals surface area contributed by atoms with Gasteiger partial charge in [0.25, 0.3) is 5.69 Å². The van der Waals surface area contributed by atoms with Crippen LogP contribution in [0.25, 0.3) is 0 Å². The molecule has 1 aromatic carbocycles. The molecule has 4 aliphatic rings. The first kappa shape index (κ1) is 15.4. The van der Waals surface area contributed by atoms with E-state index in [4.69, 9.17) is 0 Å². The summed E-state index contributed by atoms with van der Waals surface area (Å²) in [4.78, 5) is 15.4. The van der Waals surface area contributed by atoms with E-state index in [1.54, 1.807) is 18.3 Å². The second kappa shape index (κ2) is 5.75. The highest BCUT2D eigenvalue weighted by molar-refractivity contribution is 5.95. The van der Waals surface area contributed by atoms with Gasteiger partial charge in [0.1, 0.15) is 0 Å². The minimum Gasteiger partial charge on any atom is -0.300 e. The van der Waals surface area contributed by atoms with Gasteiger partial charge in [-0.15, -0.1) is 0 Å². The predicted octanol–water partition coefficient (Wildman–Crippen LogP) is 1.64. The van der Waals surface area contributed by atoms with Crippen molar-refractivity contribution in [3.63, 3.8) is 0 Å². The molecule has 4 fully saturated rings. The van der Waals surface area contributed by atoms with E-state index < -0.39 is 4.92 Å². The standard InChI is InChI=1S/C17H21N5O2/c1-17-11-20-6-7-21(12-17)10-14(9-20)16(17)19-18-8-13-2-4-15(5-3-13)22(23)24/h2-5,8,14H,6-7,9-12H2,1H3. The van der Waals surface area contributed by atoms with Crippen molar-refractivity contribution in [2.45, 2.75) is 6.92 Å². The van der Waals surface area contributed by atoms with Crippen LogP contribution in [0.2, 0.25) is 0 Å². The Labute approximate surface area is 140 Å². The Morgan fingerprint density at radius 1 is 1.21 bits per heavy atom. The van der Waals surface area contributed by atoms with Crippen LogP contribution in [0.4, 0.5) is 5.69 Å². The fourth-order valence-electron chi connectivity index (χ4n) is 4.34. The maximum Gasteiger partial charge on any atom is 0.269 e. The van der Waals surface area contributed by atoms with Gasteiger partial charge in [0, 0.05) is 62.7 Å². The van der Waals surface area contributed by atoms with Gasteiger partial charge < -0.3 is 9.80 Å². The highest BCUT2D eigenvalue weighted by atomic mass is 16.6. The number of hydrogen-bond donors (Lipinski definition) is 0. The number of fused-ring (bicyclic) bond motifs is 1. The number of nitrogens with zero attached hydrogens (tertiary/aromatic N) is 5. The van der Waals surface area contributed by atoms with Crippen molar-refractivity contribution >= 4 is 17.6 Å². The molecule has 7 nitrogen and oxygen atoms in total. The van der Waals surface area contributed by atoms with E-state index >= 15 is 0 Å². The first-order chi connectivity index (χ1) is 11.5. The second-order valence-corrected chi connectivity index (χ2v) is 7.31. The van der Waals surface area contributed by atoms with E-state index in [9.17, 15) is 10.1 Å². The zero-order valence-corrected chi connectivity index (χ0v) is 13.8. The van der Waals surface area contributed by atoms with Crippen LogP contribution in [0.15, 0.2) is 34.5 Å². The summed E-state index contributed by atoms with van der Waals surface area (Å²) >= 11 is 0. The summed E-state index contributed by atoms with van der Waals surface area (Å²) < 4.78 is 0. The predicted molar refractivity (Wildman–Crippen MR) is 92.6 cm³/mol. The van der Waals surface area contributed by atoms with Crippen LogP contribution >= 0.6 is 0 Å². The molecule has 2 atom stereocenters. The zero-order valence-electron chi connectivity index (χ0n) is 13.8. The van der Waals surface area contributed by atoms with Crippen LogP contribution in [0.3, 0.4) is 0 Å². The second-order valence-electron chi connectivity index (χ2n) is 7.31. The Morgan fingerprint density at radius 2 is 1.83 bits per heavy atom. The molecule has 0 saturated carbocycles. The number of benzene rings is 1. The lowest BCUT2D eigenvalue weighted by molar-refractivity contribution is -0.384. The molecule has 0 spiro atoms. The van der Waals surface area contributed by atoms with E-state index in [2.05, 4.69) is 26.9 Å².